The van der Waals surface area contributed by atoms with Gasteiger partial charge >= 0.3 is 0 Å². The van der Waals surface area contributed by atoms with Gasteiger partial charge in [0.15, 0.2) is 0 Å². The van der Waals surface area contributed by atoms with Crippen LogP contribution in [0.4, 0.5) is 0 Å². The Balaban J connectivity index is 2.64. The SMILES string of the molecule is CC(=O)NS(=O)(=O)c1ccccc1-c1ccc(C)cc1Cl. The van der Waals surface area contributed by atoms with Gasteiger partial charge in [-0.05, 0) is 24.6 Å². The number of nitrogens with one attached hydrogen (secondary N) is 1. The molecule has 0 saturated heterocycles. The highest BCUT2D eigenvalue weighted by Gasteiger charge is 2.21. The quantitative estimate of drug-likeness (QED) is 0.943. The van der Waals surface area contributed by atoms with Gasteiger partial charge in [-0.3, -0.25) is 4.79 Å². The molecule has 0 spiro atoms. The Morgan fingerprint density at radius 1 is 1.10 bits per heavy atom. The van der Waals surface area contributed by atoms with E-state index in [1.807, 2.05) is 17.7 Å². The van der Waals surface area contributed by atoms with Crippen LogP contribution in [0.2, 0.25) is 5.02 Å². The second kappa shape index (κ2) is 5.87. The first-order chi connectivity index (χ1) is 9.81. The number of amides is 1. The molecule has 0 heterocycles. The second-order valence-electron chi connectivity index (χ2n) is 4.64. The van der Waals surface area contributed by atoms with Gasteiger partial charge in [0, 0.05) is 23.1 Å². The van der Waals surface area contributed by atoms with Crippen LogP contribution in [0.5, 0.6) is 0 Å². The zero-order valence-corrected chi connectivity index (χ0v) is 13.1. The van der Waals surface area contributed by atoms with Crippen LogP contribution in [0, 0.1) is 6.92 Å². The first kappa shape index (κ1) is 15.5. The van der Waals surface area contributed by atoms with Crippen LogP contribution in [0.25, 0.3) is 11.1 Å². The molecule has 0 aromatic heterocycles. The summed E-state index contributed by atoms with van der Waals surface area (Å²) in [5.74, 6) is -0.639. The van der Waals surface area contributed by atoms with Crippen LogP contribution in [-0.2, 0) is 14.8 Å². The van der Waals surface area contributed by atoms with Crippen LogP contribution in [0.1, 0.15) is 12.5 Å². The Hall–Kier alpha value is -1.85. The van der Waals surface area contributed by atoms with Crippen molar-refractivity contribution in [3.8, 4) is 11.1 Å². The maximum atomic E-state index is 12.2. The number of rotatable bonds is 3. The van der Waals surface area contributed by atoms with Gasteiger partial charge in [-0.25, -0.2) is 13.1 Å². The Morgan fingerprint density at radius 2 is 1.76 bits per heavy atom. The van der Waals surface area contributed by atoms with E-state index in [1.54, 1.807) is 30.3 Å². The van der Waals surface area contributed by atoms with Crippen LogP contribution < -0.4 is 4.72 Å². The lowest BCUT2D eigenvalue weighted by molar-refractivity contribution is -0.117. The molecule has 2 rings (SSSR count). The monoisotopic (exact) mass is 323 g/mol. The molecule has 21 heavy (non-hydrogen) atoms. The van der Waals surface area contributed by atoms with Crippen molar-refractivity contribution < 1.29 is 13.2 Å². The van der Waals surface area contributed by atoms with Gasteiger partial charge < -0.3 is 0 Å². The maximum Gasteiger partial charge on any atom is 0.264 e. The molecule has 0 unspecified atom stereocenters. The molecule has 1 amide bonds. The van der Waals surface area contributed by atoms with Crippen molar-refractivity contribution in [2.45, 2.75) is 18.7 Å². The number of aryl methyl sites for hydroxylation is 1. The summed E-state index contributed by atoms with van der Waals surface area (Å²) in [6.07, 6.45) is 0. The predicted molar refractivity (Wildman–Crippen MR) is 82.6 cm³/mol. The summed E-state index contributed by atoms with van der Waals surface area (Å²) >= 11 is 6.21. The Bertz CT molecular complexity index is 800. The average Bonchev–Trinajstić information content (AvgIpc) is 2.37. The molecule has 0 bridgehead atoms. The van der Waals surface area contributed by atoms with Crippen LogP contribution in [-0.4, -0.2) is 14.3 Å². The first-order valence-electron chi connectivity index (χ1n) is 6.20. The Kier molecular flexibility index (Phi) is 4.34. The zero-order chi connectivity index (χ0) is 15.6. The number of carbonyl (C=O) groups is 1. The van der Waals surface area contributed by atoms with E-state index in [4.69, 9.17) is 11.6 Å². The lowest BCUT2D eigenvalue weighted by Crippen LogP contribution is -2.28. The van der Waals surface area contributed by atoms with Crippen molar-refractivity contribution in [1.29, 1.82) is 0 Å². The minimum Gasteiger partial charge on any atom is -0.274 e. The fourth-order valence-corrected chi connectivity index (χ4v) is 3.56. The Labute approximate surface area is 128 Å². The van der Waals surface area contributed by atoms with E-state index in [0.717, 1.165) is 12.5 Å². The molecular formula is C15H14ClNO3S. The topological polar surface area (TPSA) is 63.2 Å². The summed E-state index contributed by atoms with van der Waals surface area (Å²) < 4.78 is 26.4. The summed E-state index contributed by atoms with van der Waals surface area (Å²) in [6.45, 7) is 3.05. The minimum atomic E-state index is -3.92. The van der Waals surface area contributed by atoms with Gasteiger partial charge in [0.1, 0.15) is 0 Å². The molecule has 1 N–H and O–H groups in total. The molecule has 110 valence electrons. The van der Waals surface area contributed by atoms with Crippen molar-refractivity contribution >= 4 is 27.5 Å². The van der Waals surface area contributed by atoms with Gasteiger partial charge in [-0.2, -0.15) is 0 Å². The smallest absolute Gasteiger partial charge is 0.264 e. The molecule has 0 radical (unpaired) electrons. The van der Waals surface area contributed by atoms with Crippen molar-refractivity contribution in [3.63, 3.8) is 0 Å². The molecule has 2 aromatic rings. The summed E-state index contributed by atoms with van der Waals surface area (Å²) in [5, 5.41) is 0.459. The fourth-order valence-electron chi connectivity index (χ4n) is 2.01. The molecule has 0 aliphatic heterocycles. The highest BCUT2D eigenvalue weighted by molar-refractivity contribution is 7.90. The van der Waals surface area contributed by atoms with Gasteiger partial charge in [0.2, 0.25) is 5.91 Å². The van der Waals surface area contributed by atoms with Gasteiger partial charge in [-0.1, -0.05) is 41.9 Å². The van der Waals surface area contributed by atoms with Crippen molar-refractivity contribution in [2.24, 2.45) is 0 Å². The predicted octanol–water partition coefficient (Wildman–Crippen LogP) is 3.14. The third-order valence-electron chi connectivity index (χ3n) is 2.87. The van der Waals surface area contributed by atoms with Crippen LogP contribution >= 0.6 is 11.6 Å². The van der Waals surface area contributed by atoms with E-state index in [9.17, 15) is 13.2 Å². The molecule has 4 nitrogen and oxygen atoms in total. The highest BCUT2D eigenvalue weighted by atomic mass is 35.5. The third kappa shape index (κ3) is 3.43. The van der Waals surface area contributed by atoms with E-state index >= 15 is 0 Å². The van der Waals surface area contributed by atoms with E-state index in [2.05, 4.69) is 0 Å². The number of sulfonamides is 1. The lowest BCUT2D eigenvalue weighted by atomic mass is 10.0. The van der Waals surface area contributed by atoms with Gasteiger partial charge in [0.25, 0.3) is 10.0 Å². The first-order valence-corrected chi connectivity index (χ1v) is 8.06. The standard InChI is InChI=1S/C15H14ClNO3S/c1-10-7-8-12(14(16)9-10)13-5-3-4-6-15(13)21(19,20)17-11(2)18/h3-9H,1-2H3,(H,17,18). The maximum absolute atomic E-state index is 12.2. The zero-order valence-electron chi connectivity index (χ0n) is 11.6. The molecule has 0 aliphatic rings. The number of benzene rings is 2. The molecule has 0 aliphatic carbocycles. The molecule has 6 heteroatoms. The molecule has 2 aromatic carbocycles. The normalized spacial score (nSPS) is 11.2. The third-order valence-corrected chi connectivity index (χ3v) is 4.67. The van der Waals surface area contributed by atoms with E-state index < -0.39 is 15.9 Å². The fraction of sp³-hybridized carbons (Fsp3) is 0.133. The molecule has 0 fully saturated rings. The largest absolute Gasteiger partial charge is 0.274 e. The molecule has 0 saturated carbocycles. The molecular weight excluding hydrogens is 310 g/mol. The summed E-state index contributed by atoms with van der Waals surface area (Å²) in [4.78, 5) is 11.1. The van der Waals surface area contributed by atoms with E-state index in [-0.39, 0.29) is 4.90 Å². The second-order valence-corrected chi connectivity index (χ2v) is 6.70. The van der Waals surface area contributed by atoms with Crippen molar-refractivity contribution in [2.75, 3.05) is 0 Å². The van der Waals surface area contributed by atoms with E-state index in [1.165, 1.54) is 6.07 Å². The summed E-state index contributed by atoms with van der Waals surface area (Å²) in [6, 6.07) is 11.8. The highest BCUT2D eigenvalue weighted by Crippen LogP contribution is 2.33. The summed E-state index contributed by atoms with van der Waals surface area (Å²) in [5.41, 5.74) is 2.04. The number of carbonyl (C=O) groups excluding carboxylic acids is 1. The summed E-state index contributed by atoms with van der Waals surface area (Å²) in [7, 11) is -3.92. The van der Waals surface area contributed by atoms with Crippen molar-refractivity contribution in [3.05, 3.63) is 53.1 Å². The number of halogens is 1. The molecule has 0 atom stereocenters. The Morgan fingerprint density at radius 3 is 2.38 bits per heavy atom. The van der Waals surface area contributed by atoms with Crippen LogP contribution in [0.3, 0.4) is 0 Å². The minimum absolute atomic E-state index is 0.0194. The van der Waals surface area contributed by atoms with Crippen LogP contribution in [0.15, 0.2) is 47.4 Å². The van der Waals surface area contributed by atoms with Gasteiger partial charge in [0.05, 0.1) is 4.90 Å². The number of hydrogen-bond acceptors (Lipinski definition) is 3. The van der Waals surface area contributed by atoms with E-state index in [0.29, 0.717) is 16.1 Å². The number of hydrogen-bond donors (Lipinski definition) is 1. The lowest BCUT2D eigenvalue weighted by Gasteiger charge is -2.12. The van der Waals surface area contributed by atoms with Crippen molar-refractivity contribution in [1.82, 2.24) is 4.72 Å². The average molecular weight is 324 g/mol. The van der Waals surface area contributed by atoms with Gasteiger partial charge in [-0.15, -0.1) is 0 Å².